The summed E-state index contributed by atoms with van der Waals surface area (Å²) in [6.07, 6.45) is 1.71. The Hall–Kier alpha value is -2.56. The van der Waals surface area contributed by atoms with Crippen molar-refractivity contribution >= 4 is 17.6 Å². The summed E-state index contributed by atoms with van der Waals surface area (Å²) >= 11 is 0. The number of aliphatic carboxylic acids is 1. The number of benzene rings is 1. The van der Waals surface area contributed by atoms with Crippen molar-refractivity contribution in [2.45, 2.75) is 12.5 Å². The highest BCUT2D eigenvalue weighted by Gasteiger charge is 2.39. The maximum Gasteiger partial charge on any atom is 0.327 e. The number of carbonyl (C=O) groups is 2. The number of amides is 1. The number of para-hydroxylation sites is 1. The Labute approximate surface area is 109 Å². The van der Waals surface area contributed by atoms with E-state index in [1.54, 1.807) is 18.2 Å². The third-order valence-corrected chi connectivity index (χ3v) is 3.21. The van der Waals surface area contributed by atoms with Crippen LogP contribution < -0.4 is 4.90 Å². The van der Waals surface area contributed by atoms with Gasteiger partial charge in [-0.25, -0.2) is 4.79 Å². The van der Waals surface area contributed by atoms with Crippen molar-refractivity contribution in [3.8, 4) is 0 Å². The van der Waals surface area contributed by atoms with Crippen molar-refractivity contribution in [1.29, 1.82) is 0 Å². The topological polar surface area (TPSA) is 70.8 Å². The van der Waals surface area contributed by atoms with Crippen LogP contribution in [0.4, 0.5) is 5.69 Å². The van der Waals surface area contributed by atoms with Crippen LogP contribution in [0.2, 0.25) is 0 Å². The number of fused-ring (bicyclic) bond motifs is 1. The van der Waals surface area contributed by atoms with Crippen molar-refractivity contribution in [2.75, 3.05) is 4.90 Å². The average molecular weight is 257 g/mol. The van der Waals surface area contributed by atoms with Gasteiger partial charge in [-0.2, -0.15) is 0 Å². The van der Waals surface area contributed by atoms with Crippen LogP contribution in [0.25, 0.3) is 0 Å². The van der Waals surface area contributed by atoms with E-state index in [0.29, 0.717) is 12.1 Å². The van der Waals surface area contributed by atoms with Crippen LogP contribution in [0.3, 0.4) is 0 Å². The summed E-state index contributed by atoms with van der Waals surface area (Å²) in [5, 5.41) is 9.28. The molecule has 0 saturated heterocycles. The fraction of sp³-hybridized carbons (Fsp3) is 0.143. The Morgan fingerprint density at radius 2 is 2.00 bits per heavy atom. The Morgan fingerprint density at radius 3 is 2.68 bits per heavy atom. The quantitative estimate of drug-likeness (QED) is 0.892. The third kappa shape index (κ3) is 1.79. The first-order valence-electron chi connectivity index (χ1n) is 5.86. The van der Waals surface area contributed by atoms with Crippen molar-refractivity contribution in [3.05, 3.63) is 54.0 Å². The molecule has 0 fully saturated rings. The molecule has 0 aliphatic carbocycles. The molecule has 19 heavy (non-hydrogen) atoms. The molecule has 1 aromatic heterocycles. The number of carboxylic acids is 1. The summed E-state index contributed by atoms with van der Waals surface area (Å²) in [6, 6.07) is 9.45. The van der Waals surface area contributed by atoms with Gasteiger partial charge in [0, 0.05) is 12.1 Å². The number of hydrogen-bond donors (Lipinski definition) is 1. The average Bonchev–Trinajstić information content (AvgIpc) is 3.05. The lowest BCUT2D eigenvalue weighted by molar-refractivity contribution is -0.138. The molecule has 0 radical (unpaired) electrons. The van der Waals surface area contributed by atoms with Gasteiger partial charge in [-0.15, -0.1) is 0 Å². The van der Waals surface area contributed by atoms with Gasteiger partial charge in [0.15, 0.2) is 5.76 Å². The molecular formula is C14H11NO4. The lowest BCUT2D eigenvalue weighted by Gasteiger charge is -2.21. The Bertz CT molecular complexity index is 633. The minimum atomic E-state index is -1.02. The number of nitrogens with zero attached hydrogens (tertiary/aromatic N) is 1. The number of anilines is 1. The van der Waals surface area contributed by atoms with Crippen molar-refractivity contribution in [3.63, 3.8) is 0 Å². The van der Waals surface area contributed by atoms with Gasteiger partial charge in [0.2, 0.25) is 0 Å². The second-order valence-electron chi connectivity index (χ2n) is 4.34. The normalized spacial score (nSPS) is 17.3. The van der Waals surface area contributed by atoms with Gasteiger partial charge >= 0.3 is 5.97 Å². The Morgan fingerprint density at radius 1 is 1.21 bits per heavy atom. The van der Waals surface area contributed by atoms with Crippen LogP contribution in [0.1, 0.15) is 16.1 Å². The van der Waals surface area contributed by atoms with Gasteiger partial charge in [0.1, 0.15) is 6.04 Å². The molecule has 1 atom stereocenters. The van der Waals surface area contributed by atoms with E-state index in [1.807, 2.05) is 12.1 Å². The van der Waals surface area contributed by atoms with Crippen LogP contribution in [0.15, 0.2) is 47.1 Å². The summed E-state index contributed by atoms with van der Waals surface area (Å²) in [5.41, 5.74) is 1.49. The number of carbonyl (C=O) groups excluding carboxylic acids is 1. The lowest BCUT2D eigenvalue weighted by Crippen LogP contribution is -2.42. The largest absolute Gasteiger partial charge is 0.480 e. The fourth-order valence-corrected chi connectivity index (χ4v) is 2.35. The molecule has 96 valence electrons. The molecule has 1 aliphatic rings. The smallest absolute Gasteiger partial charge is 0.327 e. The number of furan rings is 1. The first-order chi connectivity index (χ1) is 9.18. The van der Waals surface area contributed by atoms with E-state index in [1.165, 1.54) is 17.2 Å². The number of hydrogen-bond acceptors (Lipinski definition) is 3. The van der Waals surface area contributed by atoms with Crippen LogP contribution >= 0.6 is 0 Å². The van der Waals surface area contributed by atoms with Crippen molar-refractivity contribution in [2.24, 2.45) is 0 Å². The molecule has 5 heteroatoms. The minimum absolute atomic E-state index is 0.142. The van der Waals surface area contributed by atoms with Crippen molar-refractivity contribution < 1.29 is 19.1 Å². The monoisotopic (exact) mass is 257 g/mol. The second-order valence-corrected chi connectivity index (χ2v) is 4.34. The molecule has 1 aromatic carbocycles. The highest BCUT2D eigenvalue weighted by atomic mass is 16.4. The molecule has 0 bridgehead atoms. The predicted molar refractivity (Wildman–Crippen MR) is 67.1 cm³/mol. The van der Waals surface area contributed by atoms with E-state index in [2.05, 4.69) is 0 Å². The minimum Gasteiger partial charge on any atom is -0.480 e. The maximum absolute atomic E-state index is 12.4. The predicted octanol–water partition coefficient (Wildman–Crippen LogP) is 1.94. The molecule has 1 aliphatic heterocycles. The molecule has 2 aromatic rings. The molecule has 1 unspecified atom stereocenters. The summed E-state index contributed by atoms with van der Waals surface area (Å²) in [6.45, 7) is 0. The van der Waals surface area contributed by atoms with Gasteiger partial charge in [0.05, 0.1) is 6.26 Å². The van der Waals surface area contributed by atoms with E-state index in [0.717, 1.165) is 5.56 Å². The summed E-state index contributed by atoms with van der Waals surface area (Å²) in [4.78, 5) is 25.0. The van der Waals surface area contributed by atoms with Crippen LogP contribution in [-0.4, -0.2) is 23.0 Å². The summed E-state index contributed by atoms with van der Waals surface area (Å²) in [5.74, 6) is -1.30. The highest BCUT2D eigenvalue weighted by molar-refractivity contribution is 6.09. The van der Waals surface area contributed by atoms with Gasteiger partial charge < -0.3 is 9.52 Å². The zero-order valence-electron chi connectivity index (χ0n) is 9.95. The summed E-state index contributed by atoms with van der Waals surface area (Å²) in [7, 11) is 0. The standard InChI is InChI=1S/C14H11NO4/c16-13(12-6-3-7-19-12)15-10-5-2-1-4-9(10)8-11(15)14(17)18/h1-7,11H,8H2,(H,17,18). The van der Waals surface area contributed by atoms with Gasteiger partial charge in [-0.3, -0.25) is 9.69 Å². The van der Waals surface area contributed by atoms with E-state index < -0.39 is 17.9 Å². The van der Waals surface area contributed by atoms with E-state index >= 15 is 0 Å². The van der Waals surface area contributed by atoms with Crippen molar-refractivity contribution in [1.82, 2.24) is 0 Å². The van der Waals surface area contributed by atoms with Gasteiger partial charge in [-0.1, -0.05) is 18.2 Å². The number of rotatable bonds is 2. The first kappa shape index (κ1) is 11.5. The van der Waals surface area contributed by atoms with Gasteiger partial charge in [0.25, 0.3) is 5.91 Å². The van der Waals surface area contributed by atoms with Crippen LogP contribution in [0.5, 0.6) is 0 Å². The summed E-state index contributed by atoms with van der Waals surface area (Å²) < 4.78 is 5.07. The number of carboxylic acid groups (broad SMARTS) is 1. The molecule has 0 spiro atoms. The lowest BCUT2D eigenvalue weighted by atomic mass is 10.1. The second kappa shape index (κ2) is 4.28. The van der Waals surface area contributed by atoms with E-state index in [-0.39, 0.29) is 5.76 Å². The molecule has 5 nitrogen and oxygen atoms in total. The molecule has 0 saturated carbocycles. The fourth-order valence-electron chi connectivity index (χ4n) is 2.35. The van der Waals surface area contributed by atoms with Crippen LogP contribution in [0, 0.1) is 0 Å². The SMILES string of the molecule is O=C(O)C1Cc2ccccc2N1C(=O)c1ccco1. The highest BCUT2D eigenvalue weighted by Crippen LogP contribution is 2.33. The van der Waals surface area contributed by atoms with E-state index in [4.69, 9.17) is 4.42 Å². The first-order valence-corrected chi connectivity index (χ1v) is 5.86. The molecular weight excluding hydrogens is 246 g/mol. The molecule has 1 amide bonds. The van der Waals surface area contributed by atoms with Crippen LogP contribution in [-0.2, 0) is 11.2 Å². The maximum atomic E-state index is 12.4. The Kier molecular flexibility index (Phi) is 2.59. The molecule has 3 rings (SSSR count). The Balaban J connectivity index is 2.05. The zero-order valence-corrected chi connectivity index (χ0v) is 9.95. The zero-order chi connectivity index (χ0) is 13.4. The van der Waals surface area contributed by atoms with E-state index in [9.17, 15) is 14.7 Å². The molecule has 2 heterocycles. The third-order valence-electron chi connectivity index (χ3n) is 3.21. The molecule has 1 N–H and O–H groups in total. The van der Waals surface area contributed by atoms with Gasteiger partial charge in [-0.05, 0) is 23.8 Å².